The van der Waals surface area contributed by atoms with E-state index in [1.165, 1.54) is 18.2 Å². The van der Waals surface area contributed by atoms with Gasteiger partial charge in [-0.25, -0.2) is 0 Å². The molecule has 1 N–H and O–H groups in total. The molecular weight excluding hydrogens is 273 g/mol. The first-order valence-electron chi connectivity index (χ1n) is 4.77. The molecule has 0 aliphatic carbocycles. The molecule has 3 nitrogen and oxygen atoms in total. The Morgan fingerprint density at radius 1 is 1.39 bits per heavy atom. The van der Waals surface area contributed by atoms with E-state index in [1.54, 1.807) is 0 Å². The van der Waals surface area contributed by atoms with E-state index >= 15 is 0 Å². The third-order valence-electron chi connectivity index (χ3n) is 1.86. The lowest BCUT2D eigenvalue weighted by Gasteiger charge is -2.18. The molecule has 1 aromatic carbocycles. The average molecular weight is 285 g/mol. The van der Waals surface area contributed by atoms with Gasteiger partial charge in [-0.3, -0.25) is 4.79 Å². The Morgan fingerprint density at radius 2 is 1.94 bits per heavy atom. The minimum atomic E-state index is -4.45. The molecule has 102 valence electrons. The molecule has 0 amide bonds. The van der Waals surface area contributed by atoms with Crippen molar-refractivity contribution in [1.82, 2.24) is 0 Å². The van der Waals surface area contributed by atoms with Crippen molar-refractivity contribution < 1.29 is 27.8 Å². The topological polar surface area (TPSA) is 46.5 Å². The molecule has 0 heterocycles. The molecule has 0 saturated carbocycles. The van der Waals surface area contributed by atoms with Gasteiger partial charge in [0, 0.05) is 12.7 Å². The van der Waals surface area contributed by atoms with Crippen LogP contribution in [0.3, 0.4) is 0 Å². The molecule has 0 bridgehead atoms. The molecule has 0 radical (unpaired) electrons. The summed E-state index contributed by atoms with van der Waals surface area (Å²) < 4.78 is 41.2. The van der Waals surface area contributed by atoms with Gasteiger partial charge in [-0.1, -0.05) is 11.6 Å². The summed E-state index contributed by atoms with van der Waals surface area (Å²) in [7, 11) is 1.00. The predicted molar refractivity (Wildman–Crippen MR) is 61.1 cm³/mol. The largest absolute Gasteiger partial charge is 0.480 e. The third kappa shape index (κ3) is 4.93. The molecule has 0 spiro atoms. The maximum absolute atomic E-state index is 12.2. The lowest BCUT2D eigenvalue weighted by molar-refractivity contribution is -0.189. The fourth-order valence-corrected chi connectivity index (χ4v) is 1.18. The molecule has 1 rings (SSSR count). The molecule has 1 atom stereocenters. The van der Waals surface area contributed by atoms with Gasteiger partial charge < -0.3 is 9.84 Å². The number of rotatable bonds is 3. The number of carbonyl (C=O) groups is 1. The van der Waals surface area contributed by atoms with Gasteiger partial charge in [0.05, 0.1) is 5.02 Å². The molecular formula is C11H12ClF3O3. The van der Waals surface area contributed by atoms with Crippen LogP contribution < -0.4 is 4.74 Å². The van der Waals surface area contributed by atoms with Crippen molar-refractivity contribution in [3.8, 4) is 5.75 Å². The zero-order valence-electron chi connectivity index (χ0n) is 9.66. The summed E-state index contributed by atoms with van der Waals surface area (Å²) in [4.78, 5) is 10.4. The van der Waals surface area contributed by atoms with Crippen molar-refractivity contribution in [3.63, 3.8) is 0 Å². The van der Waals surface area contributed by atoms with Crippen molar-refractivity contribution >= 4 is 17.9 Å². The number of hydrogen-bond donors (Lipinski definition) is 1. The Kier molecular flexibility index (Phi) is 6.72. The SMILES string of the molecule is CC(Oc1ccc(C=O)cc1Cl)C(F)(F)F.CO. The average Bonchev–Trinajstić information content (AvgIpc) is 2.33. The van der Waals surface area contributed by atoms with E-state index in [2.05, 4.69) is 4.74 Å². The summed E-state index contributed by atoms with van der Waals surface area (Å²) in [5.74, 6) is -0.0999. The monoisotopic (exact) mass is 284 g/mol. The second kappa shape index (κ2) is 7.23. The zero-order valence-corrected chi connectivity index (χ0v) is 10.4. The quantitative estimate of drug-likeness (QED) is 0.868. The molecule has 7 heteroatoms. The highest BCUT2D eigenvalue weighted by molar-refractivity contribution is 6.32. The van der Waals surface area contributed by atoms with Crippen LogP contribution in [0.25, 0.3) is 0 Å². The van der Waals surface area contributed by atoms with Gasteiger partial charge in [0.25, 0.3) is 0 Å². The third-order valence-corrected chi connectivity index (χ3v) is 2.15. The number of aliphatic hydroxyl groups excluding tert-OH is 1. The van der Waals surface area contributed by atoms with Crippen molar-refractivity contribution in [3.05, 3.63) is 28.8 Å². The van der Waals surface area contributed by atoms with E-state index < -0.39 is 12.3 Å². The fraction of sp³-hybridized carbons (Fsp3) is 0.364. The van der Waals surface area contributed by atoms with Crippen molar-refractivity contribution in [2.24, 2.45) is 0 Å². The van der Waals surface area contributed by atoms with Crippen LogP contribution in [0, 0.1) is 0 Å². The number of ether oxygens (including phenoxy) is 1. The van der Waals surface area contributed by atoms with Crippen LogP contribution in [0.5, 0.6) is 5.75 Å². The Morgan fingerprint density at radius 3 is 2.33 bits per heavy atom. The smallest absolute Gasteiger partial charge is 0.425 e. The number of halogens is 4. The Balaban J connectivity index is 0.00000137. The van der Waals surface area contributed by atoms with Crippen LogP contribution >= 0.6 is 11.6 Å². The molecule has 1 unspecified atom stereocenters. The van der Waals surface area contributed by atoms with Gasteiger partial charge in [-0.05, 0) is 25.1 Å². The molecule has 1 aromatic rings. The minimum Gasteiger partial charge on any atom is -0.480 e. The van der Waals surface area contributed by atoms with Gasteiger partial charge in [0.1, 0.15) is 12.0 Å². The Labute approximate surface area is 107 Å². The number of aliphatic hydroxyl groups is 1. The van der Waals surface area contributed by atoms with Crippen LogP contribution in [0.15, 0.2) is 18.2 Å². The summed E-state index contributed by atoms with van der Waals surface area (Å²) in [6.07, 6.45) is -5.86. The van der Waals surface area contributed by atoms with Gasteiger partial charge in [0.2, 0.25) is 0 Å². The molecule has 0 saturated heterocycles. The highest BCUT2D eigenvalue weighted by atomic mass is 35.5. The van der Waals surface area contributed by atoms with Crippen molar-refractivity contribution in [2.75, 3.05) is 7.11 Å². The second-order valence-corrected chi connectivity index (χ2v) is 3.52. The maximum Gasteiger partial charge on any atom is 0.425 e. The summed E-state index contributed by atoms with van der Waals surface area (Å²) in [6, 6.07) is 3.80. The lowest BCUT2D eigenvalue weighted by Crippen LogP contribution is -2.31. The second-order valence-electron chi connectivity index (χ2n) is 3.11. The normalized spacial score (nSPS) is 12.2. The van der Waals surface area contributed by atoms with Crippen LogP contribution in [-0.2, 0) is 0 Å². The van der Waals surface area contributed by atoms with E-state index in [-0.39, 0.29) is 16.3 Å². The van der Waals surface area contributed by atoms with Crippen LogP contribution in [0.2, 0.25) is 5.02 Å². The summed E-state index contributed by atoms with van der Waals surface area (Å²) in [6.45, 7) is 0.879. The van der Waals surface area contributed by atoms with Gasteiger partial charge >= 0.3 is 6.18 Å². The van der Waals surface area contributed by atoms with E-state index in [9.17, 15) is 18.0 Å². The first kappa shape index (κ1) is 16.7. The van der Waals surface area contributed by atoms with E-state index in [4.69, 9.17) is 16.7 Å². The summed E-state index contributed by atoms with van der Waals surface area (Å²) in [5, 5.41) is 6.97. The summed E-state index contributed by atoms with van der Waals surface area (Å²) >= 11 is 5.65. The first-order valence-corrected chi connectivity index (χ1v) is 5.15. The van der Waals surface area contributed by atoms with Crippen LogP contribution in [0.1, 0.15) is 17.3 Å². The lowest BCUT2D eigenvalue weighted by atomic mass is 10.2. The first-order chi connectivity index (χ1) is 8.34. The zero-order chi connectivity index (χ0) is 14.3. The van der Waals surface area contributed by atoms with E-state index in [1.807, 2.05) is 0 Å². The molecule has 18 heavy (non-hydrogen) atoms. The van der Waals surface area contributed by atoms with Crippen molar-refractivity contribution in [2.45, 2.75) is 19.2 Å². The van der Waals surface area contributed by atoms with Crippen molar-refractivity contribution in [1.29, 1.82) is 0 Å². The minimum absolute atomic E-state index is 0.0271. The Bertz CT molecular complexity index is 394. The van der Waals surface area contributed by atoms with Gasteiger partial charge in [-0.15, -0.1) is 0 Å². The summed E-state index contributed by atoms with van der Waals surface area (Å²) in [5.41, 5.74) is 0.275. The highest BCUT2D eigenvalue weighted by Gasteiger charge is 2.38. The molecule has 0 fully saturated rings. The number of benzene rings is 1. The number of aldehydes is 1. The predicted octanol–water partition coefficient (Wildman–Crippen LogP) is 3.09. The maximum atomic E-state index is 12.2. The van der Waals surface area contributed by atoms with Crippen LogP contribution in [-0.4, -0.2) is 30.8 Å². The highest BCUT2D eigenvalue weighted by Crippen LogP contribution is 2.30. The molecule has 0 aliphatic rings. The number of hydrogen-bond acceptors (Lipinski definition) is 3. The Hall–Kier alpha value is -1.27. The molecule has 0 aliphatic heterocycles. The number of carbonyl (C=O) groups excluding carboxylic acids is 1. The van der Waals surface area contributed by atoms with Crippen LogP contribution in [0.4, 0.5) is 13.2 Å². The fourth-order valence-electron chi connectivity index (χ4n) is 0.943. The van der Waals surface area contributed by atoms with Gasteiger partial charge in [-0.2, -0.15) is 13.2 Å². The van der Waals surface area contributed by atoms with E-state index in [0.717, 1.165) is 14.0 Å². The van der Waals surface area contributed by atoms with E-state index in [0.29, 0.717) is 6.29 Å². The van der Waals surface area contributed by atoms with Gasteiger partial charge in [0.15, 0.2) is 6.10 Å². The standard InChI is InChI=1S/C10H8ClF3O2.CH4O/c1-6(10(12,13)14)16-9-3-2-7(5-15)4-8(9)11;1-2/h2-6H,1H3;2H,1H3. The molecule has 0 aromatic heterocycles. The number of alkyl halides is 3.